The molecule has 0 spiro atoms. The van der Waals surface area contributed by atoms with E-state index in [0.717, 1.165) is 60.5 Å². The van der Waals surface area contributed by atoms with Gasteiger partial charge in [0.1, 0.15) is 0 Å². The fraction of sp³-hybridized carbons (Fsp3) is 0.324. The summed E-state index contributed by atoms with van der Waals surface area (Å²) in [6, 6.07) is 46.6. The van der Waals surface area contributed by atoms with Crippen molar-refractivity contribution in [2.75, 3.05) is 22.9 Å². The Labute approximate surface area is 496 Å². The third-order valence-corrected chi connectivity index (χ3v) is 26.3. The number of para-hydroxylation sites is 1. The van der Waals surface area contributed by atoms with Crippen molar-refractivity contribution in [2.45, 2.75) is 134 Å². The topological polar surface area (TPSA) is 34.2 Å². The van der Waals surface area contributed by atoms with Gasteiger partial charge in [0.05, 0.1) is 0 Å². The molecule has 0 saturated carbocycles. The monoisotopic (exact) mass is 1240 g/mol. The van der Waals surface area contributed by atoms with Crippen LogP contribution in [0.1, 0.15) is 89.9 Å². The van der Waals surface area contributed by atoms with Gasteiger partial charge in [0.2, 0.25) is 0 Å². The van der Waals surface area contributed by atoms with Gasteiger partial charge in [-0.3, -0.25) is 0 Å². The molecule has 79 heavy (non-hydrogen) atoms. The predicted molar refractivity (Wildman–Crippen MR) is 356 cm³/mol. The molecule has 6 aromatic carbocycles. The number of nitrogens with zero attached hydrogens (tertiary/aromatic N) is 2. The minimum Gasteiger partial charge on any atom is -0.502 e. The molecule has 5 nitrogen and oxygen atoms in total. The summed E-state index contributed by atoms with van der Waals surface area (Å²) in [7, 11) is 4.95. The van der Waals surface area contributed by atoms with Crippen molar-refractivity contribution >= 4 is 77.9 Å². The molecule has 6 aromatic rings. The predicted octanol–water partition coefficient (Wildman–Crippen LogP) is 19.1. The van der Waals surface area contributed by atoms with E-state index in [-0.39, 0.29) is 21.0 Å². The molecule has 1 aliphatic rings. The van der Waals surface area contributed by atoms with Gasteiger partial charge < -0.3 is 18.0 Å². The standard InChI is InChI=1S/C35H46O2Si3.C21H27N2.C10H12O.2CH4.2ClH.Ru/c1-8-31-21-25-33(26-22-31)17-13-15-29-38(3,4)36-40(7,35-19-11-10-12-20-35)37-39(5,6)30-16-14-18-34-27-23-32(9-2)24-28-34;1-14-9-16(3)20(17(4)10-14)22-7-8-23(13-22)21-18(5)11-15(2)12-19(21)6;1-8(2)11-10-7-5-4-6-9(10)3;;;;;/h8-16,19-28H,1-2,17-18,29-30H2,3-7H3;9-13H,7-8H2,1-6H3;3-8H,1-2H3;2*1H4;2*1H;/q;-1;;;;;;+2/p-2/b15-13-,16-14-;;;;;;;. The summed E-state index contributed by atoms with van der Waals surface area (Å²) >= 11 is -1.77. The zero-order valence-corrected chi connectivity index (χ0v) is 54.5. The summed E-state index contributed by atoms with van der Waals surface area (Å²) in [6.07, 6.45) is 14.9. The molecule has 0 N–H and O–H groups in total. The van der Waals surface area contributed by atoms with Gasteiger partial charge in [-0.2, -0.15) is 6.67 Å². The van der Waals surface area contributed by atoms with Gasteiger partial charge in [-0.25, -0.2) is 0 Å². The Bertz CT molecular complexity index is 2760. The van der Waals surface area contributed by atoms with E-state index in [1.165, 1.54) is 61.1 Å². The summed E-state index contributed by atoms with van der Waals surface area (Å²) in [5.74, 6) is 0.850. The molecule has 0 aromatic heterocycles. The maximum Gasteiger partial charge on any atom is 0.0146 e. The number of benzene rings is 6. The van der Waals surface area contributed by atoms with Gasteiger partial charge in [-0.15, -0.1) is 0 Å². The first-order valence-electron chi connectivity index (χ1n) is 26.8. The fourth-order valence-corrected chi connectivity index (χ4v) is 24.5. The molecule has 0 radical (unpaired) electrons. The van der Waals surface area contributed by atoms with Crippen LogP contribution in [0.3, 0.4) is 0 Å². The number of ether oxygens (including phenoxy) is 1. The molecule has 1 fully saturated rings. The Morgan fingerprint density at radius 3 is 1.34 bits per heavy atom. The largest absolute Gasteiger partial charge is 0.502 e. The zero-order valence-electron chi connectivity index (χ0n) is 48.2. The Balaban J connectivity index is 0.000000352. The Kier molecular flexibility index (Phi) is 28.4. The molecule has 0 amide bonds. The molecular formula is C68H93Cl2N2O3RuSi3-. The average Bonchev–Trinajstić information content (AvgIpc) is 3.83. The van der Waals surface area contributed by atoms with E-state index in [1.54, 1.807) is 0 Å². The van der Waals surface area contributed by atoms with E-state index in [9.17, 15) is 0 Å². The van der Waals surface area contributed by atoms with Crippen LogP contribution >= 0.6 is 19.4 Å². The van der Waals surface area contributed by atoms with Crippen LogP contribution < -0.4 is 19.7 Å². The Morgan fingerprint density at radius 2 is 0.962 bits per heavy atom. The molecule has 0 unspecified atom stereocenters. The van der Waals surface area contributed by atoms with Crippen LogP contribution in [0.15, 0.2) is 165 Å². The molecular weight excluding hydrogens is 1150 g/mol. The summed E-state index contributed by atoms with van der Waals surface area (Å²) in [5, 5.41) is 1.22. The number of rotatable bonds is 20. The fourth-order valence-electron chi connectivity index (χ4n) is 9.87. The maximum atomic E-state index is 7.12. The quantitative estimate of drug-likeness (QED) is 0.0432. The van der Waals surface area contributed by atoms with Crippen LogP contribution in [0.4, 0.5) is 11.4 Å². The summed E-state index contributed by atoms with van der Waals surface area (Å²) in [5.41, 5.74) is 16.8. The van der Waals surface area contributed by atoms with Crippen molar-refractivity contribution in [2.24, 2.45) is 0 Å². The molecule has 0 aliphatic carbocycles. The van der Waals surface area contributed by atoms with Crippen molar-refractivity contribution in [3.8, 4) is 5.75 Å². The molecule has 0 bridgehead atoms. The number of anilines is 2. The molecule has 428 valence electrons. The zero-order chi connectivity index (χ0) is 56.3. The van der Waals surface area contributed by atoms with Crippen LogP contribution in [0.2, 0.25) is 44.8 Å². The van der Waals surface area contributed by atoms with Gasteiger partial charge in [0.25, 0.3) is 0 Å². The first-order valence-corrected chi connectivity index (χ1v) is 40.8. The van der Waals surface area contributed by atoms with Gasteiger partial charge in [0, 0.05) is 24.5 Å². The molecule has 11 heteroatoms. The molecule has 0 atom stereocenters. The van der Waals surface area contributed by atoms with E-state index < -0.39 is 38.7 Å². The second-order valence-electron chi connectivity index (χ2n) is 21.7. The van der Waals surface area contributed by atoms with Crippen LogP contribution in [0, 0.1) is 48.2 Å². The van der Waals surface area contributed by atoms with Crippen molar-refractivity contribution in [1.29, 1.82) is 0 Å². The van der Waals surface area contributed by atoms with Crippen molar-refractivity contribution in [3.63, 3.8) is 0 Å². The average molecular weight is 1240 g/mol. The first kappa shape index (κ1) is 68.6. The Morgan fingerprint density at radius 1 is 0.570 bits per heavy atom. The van der Waals surface area contributed by atoms with Crippen molar-refractivity contribution < 1.29 is 26.5 Å². The van der Waals surface area contributed by atoms with Crippen LogP contribution in [-0.2, 0) is 34.6 Å². The van der Waals surface area contributed by atoms with Crippen LogP contribution in [0.5, 0.6) is 5.75 Å². The molecule has 7 rings (SSSR count). The number of aryl methyl sites for hydroxylation is 6. The van der Waals surface area contributed by atoms with Gasteiger partial charge in [-0.1, -0.05) is 179 Å². The maximum absolute atomic E-state index is 7.12. The third kappa shape index (κ3) is 22.3. The van der Waals surface area contributed by atoms with Crippen molar-refractivity contribution in [1.82, 2.24) is 0 Å². The number of allylic oxidation sites excluding steroid dienone is 4. The molecule has 1 heterocycles. The summed E-state index contributed by atoms with van der Waals surface area (Å²) in [6.45, 7) is 40.8. The summed E-state index contributed by atoms with van der Waals surface area (Å²) in [4.78, 5) is 4.81. The number of halogens is 2. The SMILES string of the molecule is C.C.C=Cc1ccc(C/C=C\C[Si](C)(C)O[Si](C)(O[Si](C)(C)C/C=C\Cc2ccc(C=C)cc2)c2ccccc2)cc1.CC(C)Oc1ccccc1[CH]=[Ru]([Cl])[Cl].Cc1cc(C)c(N2[CH-]N(c3c(C)cc(C)cc3C)CC2)c(C)c1. The van der Waals surface area contributed by atoms with Crippen LogP contribution in [-0.4, -0.2) is 49.0 Å². The van der Waals surface area contributed by atoms with E-state index in [1.807, 2.05) is 54.9 Å². The first-order chi connectivity index (χ1) is 36.5. The van der Waals surface area contributed by atoms with E-state index in [4.69, 9.17) is 32.3 Å². The Hall–Kier alpha value is -4.68. The molecule has 1 aliphatic heterocycles. The smallest absolute Gasteiger partial charge is 0.0146 e. The van der Waals surface area contributed by atoms with E-state index in [2.05, 4.69) is 231 Å². The second kappa shape index (κ2) is 32.7. The molecule has 1 saturated heterocycles. The summed E-state index contributed by atoms with van der Waals surface area (Å²) < 4.78 is 21.8. The van der Waals surface area contributed by atoms with Gasteiger partial charge in [0.15, 0.2) is 16.6 Å². The number of hydrogen-bond donors (Lipinski definition) is 0. The van der Waals surface area contributed by atoms with Crippen LogP contribution in [0.25, 0.3) is 12.2 Å². The van der Waals surface area contributed by atoms with Gasteiger partial charge in [-0.05, 0) is 149 Å². The minimum atomic E-state index is -2.63. The second-order valence-corrected chi connectivity index (χ2v) is 39.4. The van der Waals surface area contributed by atoms with Crippen molar-refractivity contribution in [3.05, 3.63) is 233 Å². The van der Waals surface area contributed by atoms with E-state index >= 15 is 0 Å². The normalized spacial score (nSPS) is 12.7. The number of hydrogen-bond acceptors (Lipinski definition) is 5. The third-order valence-electron chi connectivity index (χ3n) is 13.1. The van der Waals surface area contributed by atoms with Gasteiger partial charge >= 0.3 is 106 Å². The van der Waals surface area contributed by atoms with E-state index in [0.29, 0.717) is 0 Å². The minimum absolute atomic E-state index is 0.